The van der Waals surface area contributed by atoms with Crippen molar-refractivity contribution in [2.24, 2.45) is 0 Å². The van der Waals surface area contributed by atoms with E-state index in [0.29, 0.717) is 0 Å². The Labute approximate surface area is 95.8 Å². The molecule has 0 spiro atoms. The Bertz CT molecular complexity index is 110. The Kier molecular flexibility index (Phi) is 10.3. The molecule has 0 aromatic carbocycles. The summed E-state index contributed by atoms with van der Waals surface area (Å²) in [6, 6.07) is 0. The van der Waals surface area contributed by atoms with Crippen LogP contribution in [0.25, 0.3) is 0 Å². The monoisotopic (exact) mass is 214 g/mol. The van der Waals surface area contributed by atoms with Crippen LogP contribution in [0.1, 0.15) is 25.7 Å². The van der Waals surface area contributed by atoms with Crippen molar-refractivity contribution in [2.45, 2.75) is 25.7 Å². The third kappa shape index (κ3) is 13.9. The molecule has 1 radical (unpaired) electrons. The fraction of sp³-hybridized carbons (Fsp3) is 1.00. The highest BCUT2D eigenvalue weighted by Gasteiger charge is 1.94. The van der Waals surface area contributed by atoms with Crippen molar-refractivity contribution in [3.05, 3.63) is 0 Å². The Balaban J connectivity index is 2.93. The molecule has 0 aromatic rings. The lowest BCUT2D eigenvalue weighted by Gasteiger charge is -2.09. The van der Waals surface area contributed by atoms with Crippen LogP contribution in [0.15, 0.2) is 0 Å². The van der Waals surface area contributed by atoms with Crippen LogP contribution in [0, 0.1) is 0 Å². The molecule has 3 heteroatoms. The van der Waals surface area contributed by atoms with Crippen molar-refractivity contribution in [2.75, 3.05) is 54.4 Å². The summed E-state index contributed by atoms with van der Waals surface area (Å²) in [7, 11) is 8.49. The zero-order valence-electron chi connectivity index (χ0n) is 11.0. The van der Waals surface area contributed by atoms with E-state index in [1.165, 1.54) is 38.8 Å². The van der Waals surface area contributed by atoms with E-state index in [2.05, 4.69) is 43.3 Å². The zero-order valence-corrected chi connectivity index (χ0v) is 11.0. The van der Waals surface area contributed by atoms with Gasteiger partial charge in [-0.25, -0.2) is 5.32 Å². The van der Waals surface area contributed by atoms with Gasteiger partial charge in [0.1, 0.15) is 0 Å². The van der Waals surface area contributed by atoms with E-state index in [4.69, 9.17) is 0 Å². The van der Waals surface area contributed by atoms with Gasteiger partial charge in [0, 0.05) is 13.1 Å². The van der Waals surface area contributed by atoms with E-state index in [1.54, 1.807) is 0 Å². The lowest BCUT2D eigenvalue weighted by atomic mass is 10.2. The van der Waals surface area contributed by atoms with Crippen LogP contribution in [0.4, 0.5) is 0 Å². The number of unbranched alkanes of at least 4 members (excludes halogenated alkanes) is 2. The summed E-state index contributed by atoms with van der Waals surface area (Å²) in [5.41, 5.74) is 0. The predicted octanol–water partition coefficient (Wildman–Crippen LogP) is 1.27. The van der Waals surface area contributed by atoms with Gasteiger partial charge in [-0.3, -0.25) is 0 Å². The lowest BCUT2D eigenvalue weighted by molar-refractivity contribution is 0.384. The van der Waals surface area contributed by atoms with E-state index < -0.39 is 0 Å². The normalized spacial score (nSPS) is 11.6. The minimum atomic E-state index is 1.05. The first-order valence-corrected chi connectivity index (χ1v) is 6.05. The van der Waals surface area contributed by atoms with Crippen molar-refractivity contribution in [1.82, 2.24) is 15.1 Å². The van der Waals surface area contributed by atoms with Gasteiger partial charge in [0.2, 0.25) is 0 Å². The molecule has 0 saturated heterocycles. The van der Waals surface area contributed by atoms with Crippen LogP contribution in [0.2, 0.25) is 0 Å². The molecule has 3 nitrogen and oxygen atoms in total. The second-order valence-electron chi connectivity index (χ2n) is 4.69. The van der Waals surface area contributed by atoms with E-state index in [0.717, 1.165) is 13.1 Å². The maximum atomic E-state index is 4.53. The molecule has 0 atom stereocenters. The number of nitrogens with zero attached hydrogens (tertiary/aromatic N) is 3. The van der Waals surface area contributed by atoms with Crippen LogP contribution >= 0.6 is 0 Å². The largest absolute Gasteiger partial charge is 0.309 e. The maximum absolute atomic E-state index is 4.53. The minimum Gasteiger partial charge on any atom is -0.309 e. The molecule has 0 fully saturated rings. The number of hydrogen-bond donors (Lipinski definition) is 0. The Morgan fingerprint density at radius 3 is 1.40 bits per heavy atom. The minimum absolute atomic E-state index is 1.05. The van der Waals surface area contributed by atoms with Gasteiger partial charge in [-0.15, -0.1) is 0 Å². The van der Waals surface area contributed by atoms with E-state index >= 15 is 0 Å². The van der Waals surface area contributed by atoms with Crippen molar-refractivity contribution < 1.29 is 0 Å². The molecule has 0 N–H and O–H groups in total. The molecule has 0 bridgehead atoms. The number of rotatable bonds is 10. The second kappa shape index (κ2) is 10.4. The third-order valence-corrected chi connectivity index (χ3v) is 2.34. The Morgan fingerprint density at radius 2 is 1.07 bits per heavy atom. The zero-order chi connectivity index (χ0) is 11.5. The fourth-order valence-electron chi connectivity index (χ4n) is 1.42. The third-order valence-electron chi connectivity index (χ3n) is 2.34. The molecule has 0 rings (SSSR count). The highest BCUT2D eigenvalue weighted by atomic mass is 15.1. The van der Waals surface area contributed by atoms with Crippen molar-refractivity contribution in [1.29, 1.82) is 0 Å². The molecule has 15 heavy (non-hydrogen) atoms. The van der Waals surface area contributed by atoms with Gasteiger partial charge in [-0.2, -0.15) is 0 Å². The molecule has 91 valence electrons. The molecule has 0 heterocycles. The summed E-state index contributed by atoms with van der Waals surface area (Å²) in [6.45, 7) is 4.48. The molecule has 0 saturated carbocycles. The van der Waals surface area contributed by atoms with Crippen molar-refractivity contribution >= 4 is 0 Å². The number of hydrogen-bond acceptors (Lipinski definition) is 2. The maximum Gasteiger partial charge on any atom is 0.0133 e. The van der Waals surface area contributed by atoms with Gasteiger partial charge in [0.05, 0.1) is 0 Å². The predicted molar refractivity (Wildman–Crippen MR) is 67.4 cm³/mol. The molecule has 0 unspecified atom stereocenters. The summed E-state index contributed by atoms with van der Waals surface area (Å²) in [5, 5.41) is 4.53. The highest BCUT2D eigenvalue weighted by molar-refractivity contribution is 4.52. The van der Waals surface area contributed by atoms with Crippen molar-refractivity contribution in [3.8, 4) is 0 Å². The van der Waals surface area contributed by atoms with Gasteiger partial charge >= 0.3 is 0 Å². The summed E-state index contributed by atoms with van der Waals surface area (Å²) >= 11 is 0. The standard InChI is InChI=1S/C12H28N3/c1-14(2)11-7-5-9-13-10-6-8-12-15(3)4/h5-12H2,1-4H3. The fourth-order valence-corrected chi connectivity index (χ4v) is 1.42. The summed E-state index contributed by atoms with van der Waals surface area (Å²) in [5.74, 6) is 0. The van der Waals surface area contributed by atoms with Crippen molar-refractivity contribution in [3.63, 3.8) is 0 Å². The summed E-state index contributed by atoms with van der Waals surface area (Å²) in [6.07, 6.45) is 5.03. The van der Waals surface area contributed by atoms with E-state index in [9.17, 15) is 0 Å². The van der Waals surface area contributed by atoms with Gasteiger partial charge in [0.15, 0.2) is 0 Å². The SMILES string of the molecule is CN(C)CCCC[N]CCCCN(C)C. The molecular formula is C12H28N3. The van der Waals surface area contributed by atoms with Gasteiger partial charge in [-0.05, 0) is 67.0 Å². The molecular weight excluding hydrogens is 186 g/mol. The average Bonchev–Trinajstić information content (AvgIpc) is 2.14. The van der Waals surface area contributed by atoms with Crippen LogP contribution in [0.5, 0.6) is 0 Å². The van der Waals surface area contributed by atoms with Crippen LogP contribution < -0.4 is 5.32 Å². The first kappa shape index (κ1) is 14.9. The first-order valence-electron chi connectivity index (χ1n) is 6.05. The van der Waals surface area contributed by atoms with Crippen LogP contribution in [0.3, 0.4) is 0 Å². The smallest absolute Gasteiger partial charge is 0.0133 e. The summed E-state index contributed by atoms with van der Waals surface area (Å²) in [4.78, 5) is 4.47. The average molecular weight is 214 g/mol. The van der Waals surface area contributed by atoms with Crippen LogP contribution in [-0.4, -0.2) is 64.2 Å². The molecule has 0 aliphatic rings. The molecule has 0 aliphatic heterocycles. The molecule has 0 amide bonds. The highest BCUT2D eigenvalue weighted by Crippen LogP contribution is 1.92. The quantitative estimate of drug-likeness (QED) is 0.511. The van der Waals surface area contributed by atoms with Gasteiger partial charge < -0.3 is 9.80 Å². The Hall–Kier alpha value is -0.120. The van der Waals surface area contributed by atoms with Gasteiger partial charge in [0.25, 0.3) is 0 Å². The Morgan fingerprint density at radius 1 is 0.667 bits per heavy atom. The topological polar surface area (TPSA) is 20.6 Å². The summed E-state index contributed by atoms with van der Waals surface area (Å²) < 4.78 is 0. The first-order chi connectivity index (χ1) is 7.13. The van der Waals surface area contributed by atoms with Gasteiger partial charge in [-0.1, -0.05) is 0 Å². The molecule has 0 aromatic heterocycles. The van der Waals surface area contributed by atoms with E-state index in [-0.39, 0.29) is 0 Å². The second-order valence-corrected chi connectivity index (χ2v) is 4.69. The lowest BCUT2D eigenvalue weighted by Crippen LogP contribution is -2.16. The van der Waals surface area contributed by atoms with E-state index in [1.807, 2.05) is 0 Å². The molecule has 0 aliphatic carbocycles. The van der Waals surface area contributed by atoms with Crippen LogP contribution in [-0.2, 0) is 0 Å².